The number of carbonyl (C=O) groups excluding carboxylic acids is 1. The third-order valence-electron chi connectivity index (χ3n) is 25.9. The van der Waals surface area contributed by atoms with Crippen LogP contribution in [0.3, 0.4) is 0 Å². The fraction of sp³-hybridized carbons (Fsp3) is 0.119. The highest BCUT2D eigenvalue weighted by atomic mass is 16.3. The number of nitrogens with zero attached hydrogens (tertiary/aromatic N) is 8. The van der Waals surface area contributed by atoms with Crippen LogP contribution in [0.15, 0.2) is 388 Å². The van der Waals surface area contributed by atoms with Gasteiger partial charge >= 0.3 is 6.03 Å². The molecular formula is C126H110N10O9. The number of rotatable bonds is 25. The summed E-state index contributed by atoms with van der Waals surface area (Å²) in [7, 11) is 9.31. The molecule has 0 aliphatic heterocycles. The second kappa shape index (κ2) is 46.5. The molecule has 0 saturated heterocycles. The molecule has 2 amide bonds. The van der Waals surface area contributed by atoms with Crippen molar-refractivity contribution in [2.24, 2.45) is 7.05 Å². The molecule has 4 heterocycles. The molecule has 4 aromatic heterocycles. The largest absolute Gasteiger partial charge is 1.00 e. The summed E-state index contributed by atoms with van der Waals surface area (Å²) in [5, 5.41) is 111. The van der Waals surface area contributed by atoms with E-state index in [1.54, 1.807) is 32.3 Å². The smallest absolute Gasteiger partial charge is 0.322 e. The van der Waals surface area contributed by atoms with E-state index in [9.17, 15) is 56.2 Å². The summed E-state index contributed by atoms with van der Waals surface area (Å²) in [6, 6.07) is 135. The van der Waals surface area contributed by atoms with Gasteiger partial charge in [-0.05, 0) is 309 Å². The van der Waals surface area contributed by atoms with E-state index in [2.05, 4.69) is 239 Å². The fourth-order valence-electron chi connectivity index (χ4n) is 18.2. The number of carbonyl (C=O) groups is 1. The number of likely N-dealkylation sites (N-methyl/N-ethyl adjacent to an activating group) is 1. The van der Waals surface area contributed by atoms with Crippen LogP contribution < -0.4 is 15.2 Å². The number of pyridine rings is 4. The topological polar surface area (TPSA) is 300 Å². The second-order valence-electron chi connectivity index (χ2n) is 35.9. The Morgan fingerprint density at radius 2 is 0.538 bits per heavy atom. The number of anilines is 2. The van der Waals surface area contributed by atoms with Crippen molar-refractivity contribution in [3.63, 3.8) is 0 Å². The van der Waals surface area contributed by atoms with Gasteiger partial charge in [0.2, 0.25) is 5.69 Å². The predicted molar refractivity (Wildman–Crippen MR) is 583 cm³/mol. The van der Waals surface area contributed by atoms with Crippen molar-refractivity contribution in [1.29, 1.82) is 10.5 Å². The molecule has 718 valence electrons. The molecular weight excluding hydrogens is 1800 g/mol. The van der Waals surface area contributed by atoms with Crippen LogP contribution in [0.4, 0.5) is 16.4 Å². The zero-order valence-electron chi connectivity index (χ0n) is 82.1. The number of nitrogens with one attached hydrogen (secondary N) is 2. The lowest BCUT2D eigenvalue weighted by Gasteiger charge is -2.17. The summed E-state index contributed by atoms with van der Waals surface area (Å²) < 4.78 is 1.90. The van der Waals surface area contributed by atoms with Crippen molar-refractivity contribution in [2.75, 3.05) is 51.9 Å². The number of fused-ring (bicyclic) bond motifs is 4. The van der Waals surface area contributed by atoms with Gasteiger partial charge in [-0.15, -0.1) is 0 Å². The molecule has 0 saturated carbocycles. The molecule has 0 aliphatic rings. The van der Waals surface area contributed by atoms with Gasteiger partial charge in [0, 0.05) is 71.7 Å². The van der Waals surface area contributed by atoms with Crippen LogP contribution in [0, 0.1) is 22.7 Å². The van der Waals surface area contributed by atoms with Crippen molar-refractivity contribution in [1.82, 2.24) is 24.8 Å². The van der Waals surface area contributed by atoms with Crippen LogP contribution in [0.1, 0.15) is 57.3 Å². The molecule has 0 spiro atoms. The molecule has 19 nitrogen and oxygen atoms in total. The maximum Gasteiger partial charge on any atom is 0.322 e. The Hall–Kier alpha value is -17.2. The van der Waals surface area contributed by atoms with E-state index in [1.807, 2.05) is 190 Å². The molecule has 19 heteroatoms. The summed E-state index contributed by atoms with van der Waals surface area (Å²) in [6.07, 6.45) is 0. The lowest BCUT2D eigenvalue weighted by Crippen LogP contribution is -2.35. The van der Waals surface area contributed by atoms with Crippen LogP contribution in [-0.4, -0.2) is 113 Å². The zero-order chi connectivity index (χ0) is 101. The van der Waals surface area contributed by atoms with Crippen molar-refractivity contribution in [3.8, 4) is 146 Å². The summed E-state index contributed by atoms with van der Waals surface area (Å²) in [5.41, 5.74) is 30.4. The molecule has 0 unspecified atom stereocenters. The standard InChI is InChI=1S/C33H33N3O2.C32H29N3O3.C31H25N2O2.C30H22N2O2.H/c1-36(2)14-13-34-33-31-19-30(22-38)29(21-37)18-27(31)20-32(35-33)28-16-25(23-9-5-3-6-10-23)15-26(17-28)24-11-7-4-8-12-24;1-35(2)32(38)34-31-29-17-28(20-37)27(19-36)16-25(29)18-30(33-31)26-14-23(21-9-5-3-6-10-21)13-24(15-26)22-11-7-4-8-12-22;1-33-30(17-25-15-27(19-34)28(20-35)16-29(25)31(33)18-32)26-13-23(21-8-4-2-5-9-21)12-24(14-26)22-10-6-3-7-11-22;31-17-30-28-15-27(19-34)26(18-33)14-24(28)16-29(32-30)25-12-22(20-7-3-1-4-8-20)11-23(13-25)21-9-5-2-6-10-21;/h3-12,15-20,37-38H,13-14,21-22H2,1-2H3,(H,34,35);3-18,36-37H,19-20H2,1-2H3,(H,33,34,38);2-17,34-35H,19-20H2,1H3;1-16,33-34H,18-19H2;/q;;+1;;-1/i;;;;1+1. The van der Waals surface area contributed by atoms with E-state index >= 15 is 0 Å². The minimum Gasteiger partial charge on any atom is -1.00 e. The molecule has 10 N–H and O–H groups in total. The molecule has 145 heavy (non-hydrogen) atoms. The summed E-state index contributed by atoms with van der Waals surface area (Å²) in [5.74, 6) is 1.16. The Labute approximate surface area is 844 Å². The van der Waals surface area contributed by atoms with Crippen LogP contribution in [-0.2, 0) is 59.9 Å². The SMILES string of the molecule is CN(C)C(=O)Nc1nc(-c2cc(-c3ccccc3)cc(-c3ccccc3)c2)cc2cc(CO)c(CO)cc12.CN(C)CCNc1nc(-c2cc(-c3ccccc3)cc(-c3ccccc3)c2)cc2cc(CO)c(CO)cc12.C[n+]1c(-c2cc(-c3ccccc3)cc(-c3ccccc3)c2)cc2cc(CO)c(CO)cc2c1C#N.N#Cc1nc(-c2cc(-c3ccccc3)cc(-c3ccccc3)c2)cc2cc(CO)c(CO)cc12.[2H-]. The first-order valence-electron chi connectivity index (χ1n) is 47.8. The first kappa shape index (κ1) is 99.4. The molecule has 0 aliphatic carbocycles. The van der Waals surface area contributed by atoms with Crippen LogP contribution in [0.5, 0.6) is 0 Å². The number of aromatic nitrogens is 4. The number of amides is 2. The lowest BCUT2D eigenvalue weighted by molar-refractivity contribution is -0.661. The maximum absolute atomic E-state index is 12.6. The Balaban J connectivity index is 0.000000139. The Morgan fingerprint density at radius 1 is 0.290 bits per heavy atom. The first-order valence-corrected chi connectivity index (χ1v) is 47.8. The van der Waals surface area contributed by atoms with Gasteiger partial charge < -0.3 is 57.4 Å². The average Bonchev–Trinajstić information content (AvgIpc) is 0.779. The van der Waals surface area contributed by atoms with Gasteiger partial charge in [0.25, 0.3) is 5.69 Å². The van der Waals surface area contributed by atoms with Gasteiger partial charge in [-0.2, -0.15) is 15.1 Å². The highest BCUT2D eigenvalue weighted by Crippen LogP contribution is 2.43. The van der Waals surface area contributed by atoms with E-state index in [1.165, 1.54) is 4.90 Å². The van der Waals surface area contributed by atoms with E-state index in [0.29, 0.717) is 72.6 Å². The minimum absolute atomic E-state index is 0. The number of aliphatic hydroxyl groups is 8. The quantitative estimate of drug-likeness (QED) is 0.0238. The Morgan fingerprint density at radius 3 is 0.821 bits per heavy atom. The first-order chi connectivity index (χ1) is 70.8. The highest BCUT2D eigenvalue weighted by molar-refractivity contribution is 6.03. The van der Waals surface area contributed by atoms with E-state index in [0.717, 1.165) is 179 Å². The van der Waals surface area contributed by atoms with Crippen molar-refractivity contribution in [3.05, 3.63) is 444 Å². The fourth-order valence-corrected chi connectivity index (χ4v) is 18.2. The minimum atomic E-state index is -0.309. The summed E-state index contributed by atoms with van der Waals surface area (Å²) in [4.78, 5) is 30.9. The van der Waals surface area contributed by atoms with E-state index in [-0.39, 0.29) is 66.0 Å². The number of nitriles is 2. The maximum atomic E-state index is 12.6. The van der Waals surface area contributed by atoms with Gasteiger partial charge in [-0.1, -0.05) is 243 Å². The van der Waals surface area contributed by atoms with Gasteiger partial charge in [-0.25, -0.2) is 19.7 Å². The second-order valence-corrected chi connectivity index (χ2v) is 35.9. The molecule has 20 rings (SSSR count). The molecule has 0 fully saturated rings. The molecule has 16 aromatic carbocycles. The third-order valence-corrected chi connectivity index (χ3v) is 25.9. The lowest BCUT2D eigenvalue weighted by atomic mass is 9.93. The van der Waals surface area contributed by atoms with Gasteiger partial charge in [0.05, 0.1) is 75.3 Å². The molecule has 0 bridgehead atoms. The number of aliphatic hydroxyl groups excluding tert-OH is 8. The van der Waals surface area contributed by atoms with Gasteiger partial charge in [0.1, 0.15) is 30.4 Å². The Bertz CT molecular complexity index is 7920. The molecule has 0 radical (unpaired) electrons. The average molecular weight is 1910 g/mol. The monoisotopic (exact) mass is 1910 g/mol. The number of hydrogen-bond donors (Lipinski definition) is 10. The third kappa shape index (κ3) is 23.1. The summed E-state index contributed by atoms with van der Waals surface area (Å²) >= 11 is 0. The van der Waals surface area contributed by atoms with Crippen molar-refractivity contribution < 1.29 is 51.6 Å². The van der Waals surface area contributed by atoms with Gasteiger partial charge in [-0.3, -0.25) is 5.32 Å². The number of benzene rings is 16. The van der Waals surface area contributed by atoms with Crippen molar-refractivity contribution in [2.45, 2.75) is 52.9 Å². The van der Waals surface area contributed by atoms with Crippen LogP contribution in [0.25, 0.3) is 177 Å². The number of hydrogen-bond acceptors (Lipinski definition) is 16. The molecule has 20 aromatic rings. The van der Waals surface area contributed by atoms with E-state index < -0.39 is 0 Å². The van der Waals surface area contributed by atoms with Gasteiger partial charge in [0.15, 0.2) is 6.07 Å². The highest BCUT2D eigenvalue weighted by Gasteiger charge is 2.26. The van der Waals surface area contributed by atoms with Crippen LogP contribution in [0.2, 0.25) is 0 Å². The Kier molecular flexibility index (Phi) is 31.9. The van der Waals surface area contributed by atoms with Crippen LogP contribution >= 0.6 is 0 Å². The van der Waals surface area contributed by atoms with E-state index in [4.69, 9.17) is 9.97 Å². The van der Waals surface area contributed by atoms with Crippen molar-refractivity contribution >= 4 is 60.8 Å². The number of urea groups is 1. The zero-order valence-corrected chi connectivity index (χ0v) is 81.1. The summed E-state index contributed by atoms with van der Waals surface area (Å²) in [6.45, 7) is 0.126. The molecule has 0 atom stereocenters. The normalized spacial score (nSPS) is 11.0. The predicted octanol–water partition coefficient (Wildman–Crippen LogP) is 24.2.